The number of nitrogens with two attached hydrogens (primary N) is 1. The summed E-state index contributed by atoms with van der Waals surface area (Å²) in [4.78, 5) is 0. The highest BCUT2D eigenvalue weighted by Crippen LogP contribution is 2.20. The van der Waals surface area contributed by atoms with E-state index in [0.717, 1.165) is 32.1 Å². The van der Waals surface area contributed by atoms with Gasteiger partial charge < -0.3 is 11.1 Å². The Bertz CT molecular complexity index is 315. The Morgan fingerprint density at radius 1 is 1.13 bits per heavy atom. The van der Waals surface area contributed by atoms with Gasteiger partial charge >= 0.3 is 0 Å². The summed E-state index contributed by atoms with van der Waals surface area (Å²) in [5, 5.41) is 3.44. The van der Waals surface area contributed by atoms with Crippen molar-refractivity contribution >= 4 is 9.84 Å². The highest BCUT2D eigenvalue weighted by atomic mass is 32.2. The van der Waals surface area contributed by atoms with E-state index in [1.54, 1.807) is 0 Å². The third-order valence-corrected chi connectivity index (χ3v) is 5.23. The van der Waals surface area contributed by atoms with E-state index >= 15 is 0 Å². The molecule has 3 N–H and O–H groups in total. The van der Waals surface area contributed by atoms with Crippen LogP contribution < -0.4 is 11.1 Å². The van der Waals surface area contributed by atoms with E-state index in [9.17, 15) is 8.42 Å². The molecule has 1 heterocycles. The highest BCUT2D eigenvalue weighted by molar-refractivity contribution is 7.91. The van der Waals surface area contributed by atoms with Gasteiger partial charge in [0.2, 0.25) is 0 Å². The first-order chi connectivity index (χ1) is 7.05. The fourth-order valence-corrected chi connectivity index (χ4v) is 4.30. The maximum Gasteiger partial charge on any atom is 0.151 e. The molecule has 0 radical (unpaired) electrons. The van der Waals surface area contributed by atoms with Gasteiger partial charge in [-0.25, -0.2) is 8.42 Å². The van der Waals surface area contributed by atoms with Crippen LogP contribution in [-0.4, -0.2) is 38.0 Å². The zero-order chi connectivity index (χ0) is 10.9. The van der Waals surface area contributed by atoms with Crippen LogP contribution >= 0.6 is 0 Å². The van der Waals surface area contributed by atoms with Crippen LogP contribution in [0.1, 0.15) is 32.1 Å². The minimum absolute atomic E-state index is 0.166. The molecule has 0 aromatic carbocycles. The molecule has 2 rings (SSSR count). The molecule has 1 aliphatic carbocycles. The normalized spacial score (nSPS) is 40.5. The van der Waals surface area contributed by atoms with Gasteiger partial charge in [0.1, 0.15) is 0 Å². The molecule has 88 valence electrons. The largest absolute Gasteiger partial charge is 0.328 e. The Kier molecular flexibility index (Phi) is 3.33. The summed E-state index contributed by atoms with van der Waals surface area (Å²) in [6.07, 6.45) is 4.95. The van der Waals surface area contributed by atoms with Crippen LogP contribution in [0.4, 0.5) is 0 Å². The third-order valence-electron chi connectivity index (χ3n) is 3.41. The summed E-state index contributed by atoms with van der Waals surface area (Å²) in [5.74, 6) is 0.689. The Morgan fingerprint density at radius 2 is 1.93 bits per heavy atom. The van der Waals surface area contributed by atoms with Crippen LogP contribution in [0.2, 0.25) is 0 Å². The number of hydrogen-bond acceptors (Lipinski definition) is 4. The topological polar surface area (TPSA) is 72.2 Å². The van der Waals surface area contributed by atoms with Gasteiger partial charge in [0.25, 0.3) is 0 Å². The van der Waals surface area contributed by atoms with Crippen molar-refractivity contribution in [1.82, 2.24) is 5.32 Å². The molecule has 5 heteroatoms. The molecule has 0 aromatic heterocycles. The van der Waals surface area contributed by atoms with Crippen molar-refractivity contribution in [1.29, 1.82) is 0 Å². The summed E-state index contributed by atoms with van der Waals surface area (Å²) in [5.41, 5.74) is 5.83. The predicted octanol–water partition coefficient (Wildman–Crippen LogP) is 0.0330. The van der Waals surface area contributed by atoms with Crippen molar-refractivity contribution in [3.8, 4) is 0 Å². The van der Waals surface area contributed by atoms with Crippen LogP contribution in [0.15, 0.2) is 0 Å². The molecule has 4 nitrogen and oxygen atoms in total. The van der Waals surface area contributed by atoms with E-state index < -0.39 is 9.84 Å². The molecular weight excluding hydrogens is 212 g/mol. The van der Waals surface area contributed by atoms with Gasteiger partial charge in [0.15, 0.2) is 9.84 Å². The van der Waals surface area contributed by atoms with Crippen LogP contribution in [0.3, 0.4) is 0 Å². The summed E-state index contributed by atoms with van der Waals surface area (Å²) >= 11 is 0. The van der Waals surface area contributed by atoms with Gasteiger partial charge in [0, 0.05) is 18.1 Å². The summed E-state index contributed by atoms with van der Waals surface area (Å²) < 4.78 is 22.9. The Balaban J connectivity index is 1.84. The molecule has 0 spiro atoms. The van der Waals surface area contributed by atoms with Gasteiger partial charge in [-0.3, -0.25) is 0 Å². The fraction of sp³-hybridized carbons (Fsp3) is 1.00. The van der Waals surface area contributed by atoms with Gasteiger partial charge in [-0.15, -0.1) is 0 Å². The summed E-state index contributed by atoms with van der Waals surface area (Å²) in [7, 11) is -2.78. The SMILES string of the molecule is NC1CCC(NC2CCCS(=O)(=O)C2)C1. The first kappa shape index (κ1) is 11.4. The minimum Gasteiger partial charge on any atom is -0.328 e. The molecule has 0 bridgehead atoms. The fourth-order valence-electron chi connectivity index (χ4n) is 2.66. The second kappa shape index (κ2) is 4.39. The molecule has 15 heavy (non-hydrogen) atoms. The van der Waals surface area contributed by atoms with Crippen molar-refractivity contribution in [2.45, 2.75) is 50.2 Å². The number of hydrogen-bond donors (Lipinski definition) is 2. The van der Waals surface area contributed by atoms with Gasteiger partial charge in [0.05, 0.1) is 11.5 Å². The molecule has 1 saturated heterocycles. The van der Waals surface area contributed by atoms with Crippen LogP contribution in [0.25, 0.3) is 0 Å². The maximum absolute atomic E-state index is 11.4. The number of sulfone groups is 1. The zero-order valence-electron chi connectivity index (χ0n) is 8.98. The predicted molar refractivity (Wildman–Crippen MR) is 60.4 cm³/mol. The van der Waals surface area contributed by atoms with Crippen molar-refractivity contribution in [3.63, 3.8) is 0 Å². The first-order valence-corrected chi connectivity index (χ1v) is 7.59. The number of nitrogens with one attached hydrogen (secondary N) is 1. The molecule has 0 aromatic rings. The molecule has 2 fully saturated rings. The average molecular weight is 232 g/mol. The zero-order valence-corrected chi connectivity index (χ0v) is 9.80. The van der Waals surface area contributed by atoms with Crippen LogP contribution in [0, 0.1) is 0 Å². The van der Waals surface area contributed by atoms with E-state index in [1.165, 1.54) is 0 Å². The molecule has 1 saturated carbocycles. The highest BCUT2D eigenvalue weighted by Gasteiger charge is 2.29. The Morgan fingerprint density at radius 3 is 2.53 bits per heavy atom. The summed E-state index contributed by atoms with van der Waals surface area (Å²) in [6, 6.07) is 0.917. The lowest BCUT2D eigenvalue weighted by molar-refractivity contribution is 0.415. The van der Waals surface area contributed by atoms with Crippen molar-refractivity contribution in [2.24, 2.45) is 5.73 Å². The van der Waals surface area contributed by atoms with Gasteiger partial charge in [-0.2, -0.15) is 0 Å². The van der Waals surface area contributed by atoms with E-state index in [-0.39, 0.29) is 6.04 Å². The lowest BCUT2D eigenvalue weighted by Gasteiger charge is -2.26. The smallest absolute Gasteiger partial charge is 0.151 e. The second-order valence-electron chi connectivity index (χ2n) is 4.89. The molecule has 3 unspecified atom stereocenters. The number of rotatable bonds is 2. The van der Waals surface area contributed by atoms with Gasteiger partial charge in [-0.05, 0) is 32.1 Å². The molecule has 1 aliphatic heterocycles. The van der Waals surface area contributed by atoms with Crippen molar-refractivity contribution < 1.29 is 8.42 Å². The lowest BCUT2D eigenvalue weighted by Crippen LogP contribution is -2.44. The average Bonchev–Trinajstić information content (AvgIpc) is 2.49. The first-order valence-electron chi connectivity index (χ1n) is 5.77. The maximum atomic E-state index is 11.4. The van der Waals surface area contributed by atoms with E-state index in [0.29, 0.717) is 23.6 Å². The van der Waals surface area contributed by atoms with Gasteiger partial charge in [-0.1, -0.05) is 0 Å². The van der Waals surface area contributed by atoms with E-state index in [1.807, 2.05) is 0 Å². The van der Waals surface area contributed by atoms with Crippen LogP contribution in [0.5, 0.6) is 0 Å². The molecular formula is C10H20N2O2S. The Hall–Kier alpha value is -0.130. The van der Waals surface area contributed by atoms with E-state index in [2.05, 4.69) is 5.32 Å². The quantitative estimate of drug-likeness (QED) is 0.705. The summed E-state index contributed by atoms with van der Waals surface area (Å²) in [6.45, 7) is 0. The molecule has 3 atom stereocenters. The second-order valence-corrected chi connectivity index (χ2v) is 7.12. The third kappa shape index (κ3) is 3.16. The monoisotopic (exact) mass is 232 g/mol. The standard InChI is InChI=1S/C10H20N2O2S/c11-8-3-4-9(6-8)12-10-2-1-5-15(13,14)7-10/h8-10,12H,1-7,11H2. The Labute approximate surface area is 91.5 Å². The lowest BCUT2D eigenvalue weighted by atomic mass is 10.1. The minimum atomic E-state index is -2.78. The van der Waals surface area contributed by atoms with E-state index in [4.69, 9.17) is 5.73 Å². The van der Waals surface area contributed by atoms with Crippen molar-refractivity contribution in [3.05, 3.63) is 0 Å². The van der Waals surface area contributed by atoms with Crippen molar-refractivity contribution in [2.75, 3.05) is 11.5 Å². The van der Waals surface area contributed by atoms with Crippen LogP contribution in [-0.2, 0) is 9.84 Å². The molecule has 0 amide bonds. The molecule has 2 aliphatic rings.